The molecule has 41 heavy (non-hydrogen) atoms. The zero-order chi connectivity index (χ0) is 27.7. The highest BCUT2D eigenvalue weighted by Gasteiger charge is 2.50. The maximum absolute atomic E-state index is 6.86. The van der Waals surface area contributed by atoms with Gasteiger partial charge in [-0.3, -0.25) is 0 Å². The van der Waals surface area contributed by atoms with Gasteiger partial charge in [0.2, 0.25) is 0 Å². The summed E-state index contributed by atoms with van der Waals surface area (Å²) < 4.78 is 32.9. The molecule has 5 atom stereocenters. The minimum Gasteiger partial charge on any atom is -0.374 e. The van der Waals surface area contributed by atoms with Crippen LogP contribution in [0.15, 0.2) is 127 Å². The second kappa shape index (κ2) is 13.9. The molecule has 0 aliphatic carbocycles. The van der Waals surface area contributed by atoms with Crippen molar-refractivity contribution in [2.45, 2.75) is 50.3 Å². The standard InChI is InChI=1S/C36H36O5/c1-5-13-27(14-6-1)23-37-26-32-34(39-24-28-15-7-2-8-16-28)36(40-25-29-17-9-3-10-18-29)35-33(41-32)31(21-22-38-35)30-19-11-4-12-20-30/h1-21,32-36H,22-26H2/t32-,33+,34-,35+,36+/m1/s1. The van der Waals surface area contributed by atoms with E-state index in [0.29, 0.717) is 33.0 Å². The number of ether oxygens (including phenoxy) is 5. The summed E-state index contributed by atoms with van der Waals surface area (Å²) in [7, 11) is 0. The molecule has 210 valence electrons. The zero-order valence-corrected chi connectivity index (χ0v) is 23.1. The van der Waals surface area contributed by atoms with Gasteiger partial charge in [-0.05, 0) is 27.8 Å². The Balaban J connectivity index is 1.29. The molecule has 0 N–H and O–H groups in total. The van der Waals surface area contributed by atoms with Gasteiger partial charge in [0.15, 0.2) is 0 Å². The highest BCUT2D eigenvalue weighted by molar-refractivity contribution is 5.70. The van der Waals surface area contributed by atoms with Gasteiger partial charge in [0, 0.05) is 0 Å². The molecule has 5 nitrogen and oxygen atoms in total. The van der Waals surface area contributed by atoms with Gasteiger partial charge < -0.3 is 23.7 Å². The molecule has 0 aromatic heterocycles. The van der Waals surface area contributed by atoms with Crippen molar-refractivity contribution in [3.63, 3.8) is 0 Å². The molecule has 0 saturated carbocycles. The summed E-state index contributed by atoms with van der Waals surface area (Å²) in [6.45, 7) is 2.23. The number of rotatable bonds is 11. The van der Waals surface area contributed by atoms with Crippen molar-refractivity contribution < 1.29 is 23.7 Å². The molecule has 4 aromatic carbocycles. The van der Waals surface area contributed by atoms with Crippen molar-refractivity contribution in [3.05, 3.63) is 150 Å². The van der Waals surface area contributed by atoms with Gasteiger partial charge in [0.05, 0.1) is 33.0 Å². The van der Waals surface area contributed by atoms with Crippen molar-refractivity contribution in [3.8, 4) is 0 Å². The van der Waals surface area contributed by atoms with Crippen molar-refractivity contribution in [2.24, 2.45) is 0 Å². The third-order valence-electron chi connectivity index (χ3n) is 7.60. The Morgan fingerprint density at radius 3 is 1.68 bits per heavy atom. The molecular formula is C36H36O5. The van der Waals surface area contributed by atoms with Gasteiger partial charge in [0.1, 0.15) is 30.5 Å². The van der Waals surface area contributed by atoms with Crippen LogP contribution in [0.3, 0.4) is 0 Å². The molecule has 0 bridgehead atoms. The van der Waals surface area contributed by atoms with Crippen LogP contribution in [0.25, 0.3) is 5.57 Å². The second-order valence-corrected chi connectivity index (χ2v) is 10.4. The Hall–Kier alpha value is -3.58. The van der Waals surface area contributed by atoms with Crippen LogP contribution in [-0.2, 0) is 43.5 Å². The smallest absolute Gasteiger partial charge is 0.117 e. The van der Waals surface area contributed by atoms with E-state index in [-0.39, 0.29) is 24.4 Å². The summed E-state index contributed by atoms with van der Waals surface area (Å²) in [4.78, 5) is 0. The molecule has 0 radical (unpaired) electrons. The molecule has 2 heterocycles. The molecular weight excluding hydrogens is 512 g/mol. The Labute approximate surface area is 242 Å². The van der Waals surface area contributed by atoms with Gasteiger partial charge >= 0.3 is 0 Å². The predicted octanol–water partition coefficient (Wildman–Crippen LogP) is 6.62. The fraction of sp³-hybridized carbons (Fsp3) is 0.278. The lowest BCUT2D eigenvalue weighted by atomic mass is 9.86. The van der Waals surface area contributed by atoms with E-state index < -0.39 is 6.10 Å². The fourth-order valence-electron chi connectivity index (χ4n) is 5.55. The lowest BCUT2D eigenvalue weighted by Gasteiger charge is -2.48. The summed E-state index contributed by atoms with van der Waals surface area (Å²) >= 11 is 0. The summed E-state index contributed by atoms with van der Waals surface area (Å²) in [5.74, 6) is 0. The van der Waals surface area contributed by atoms with Crippen molar-refractivity contribution in [2.75, 3.05) is 13.2 Å². The van der Waals surface area contributed by atoms with E-state index in [2.05, 4.69) is 66.7 Å². The number of hydrogen-bond acceptors (Lipinski definition) is 5. The van der Waals surface area contributed by atoms with E-state index in [1.165, 1.54) is 0 Å². The molecule has 0 unspecified atom stereocenters. The maximum atomic E-state index is 6.86. The topological polar surface area (TPSA) is 46.2 Å². The van der Waals surface area contributed by atoms with E-state index in [1.807, 2.05) is 60.7 Å². The molecule has 0 spiro atoms. The van der Waals surface area contributed by atoms with Crippen molar-refractivity contribution in [1.29, 1.82) is 0 Å². The van der Waals surface area contributed by atoms with E-state index in [9.17, 15) is 0 Å². The van der Waals surface area contributed by atoms with Gasteiger partial charge in [0.25, 0.3) is 0 Å². The molecule has 5 heteroatoms. The van der Waals surface area contributed by atoms with Crippen LogP contribution in [0.4, 0.5) is 0 Å². The SMILES string of the molecule is C1=C(c2ccccc2)[C@@H]2O[C@H](COCc3ccccc3)[C@@H](OCc3ccccc3)[C@H](OCc3ccccc3)[C@H]2OC1. The van der Waals surface area contributed by atoms with E-state index in [1.54, 1.807) is 0 Å². The first-order valence-corrected chi connectivity index (χ1v) is 14.3. The molecule has 4 aromatic rings. The first-order valence-electron chi connectivity index (χ1n) is 14.3. The van der Waals surface area contributed by atoms with Crippen LogP contribution in [-0.4, -0.2) is 43.7 Å². The van der Waals surface area contributed by atoms with E-state index >= 15 is 0 Å². The monoisotopic (exact) mass is 548 g/mol. The maximum Gasteiger partial charge on any atom is 0.117 e. The molecule has 1 fully saturated rings. The molecule has 2 aliphatic heterocycles. The number of fused-ring (bicyclic) bond motifs is 1. The lowest BCUT2D eigenvalue weighted by molar-refractivity contribution is -0.259. The minimum atomic E-state index is -0.397. The van der Waals surface area contributed by atoms with Crippen LogP contribution in [0.2, 0.25) is 0 Å². The summed E-state index contributed by atoms with van der Waals surface area (Å²) in [6.07, 6.45) is 0.358. The van der Waals surface area contributed by atoms with E-state index in [4.69, 9.17) is 23.7 Å². The quantitative estimate of drug-likeness (QED) is 0.211. The van der Waals surface area contributed by atoms with Crippen LogP contribution in [0, 0.1) is 0 Å². The fourth-order valence-corrected chi connectivity index (χ4v) is 5.55. The van der Waals surface area contributed by atoms with Gasteiger partial charge in [-0.2, -0.15) is 0 Å². The number of benzene rings is 4. The Kier molecular flexibility index (Phi) is 9.32. The van der Waals surface area contributed by atoms with E-state index in [0.717, 1.165) is 27.8 Å². The van der Waals surface area contributed by atoms with Crippen LogP contribution in [0.1, 0.15) is 22.3 Å². The summed E-state index contributed by atoms with van der Waals surface area (Å²) in [5.41, 5.74) is 5.55. The largest absolute Gasteiger partial charge is 0.374 e. The Bertz CT molecular complexity index is 1360. The average molecular weight is 549 g/mol. The van der Waals surface area contributed by atoms with Crippen molar-refractivity contribution in [1.82, 2.24) is 0 Å². The third kappa shape index (κ3) is 7.02. The zero-order valence-electron chi connectivity index (χ0n) is 23.1. The third-order valence-corrected chi connectivity index (χ3v) is 7.60. The molecule has 1 saturated heterocycles. The van der Waals surface area contributed by atoms with Crippen LogP contribution in [0.5, 0.6) is 0 Å². The predicted molar refractivity (Wildman–Crippen MR) is 159 cm³/mol. The van der Waals surface area contributed by atoms with Gasteiger partial charge in [-0.15, -0.1) is 0 Å². The van der Waals surface area contributed by atoms with Crippen LogP contribution >= 0.6 is 0 Å². The molecule has 0 amide bonds. The molecule has 2 aliphatic rings. The summed E-state index contributed by atoms with van der Waals surface area (Å²) in [6, 6.07) is 41.0. The van der Waals surface area contributed by atoms with Gasteiger partial charge in [-0.1, -0.05) is 127 Å². The second-order valence-electron chi connectivity index (χ2n) is 10.4. The van der Waals surface area contributed by atoms with Crippen LogP contribution < -0.4 is 0 Å². The highest BCUT2D eigenvalue weighted by Crippen LogP contribution is 2.38. The molecule has 6 rings (SSSR count). The van der Waals surface area contributed by atoms with Crippen molar-refractivity contribution >= 4 is 5.57 Å². The summed E-state index contributed by atoms with van der Waals surface area (Å²) in [5, 5.41) is 0. The first-order chi connectivity index (χ1) is 20.3. The van der Waals surface area contributed by atoms with Gasteiger partial charge in [-0.25, -0.2) is 0 Å². The lowest BCUT2D eigenvalue weighted by Crippen LogP contribution is -2.62. The number of hydrogen-bond donors (Lipinski definition) is 0. The average Bonchev–Trinajstić information content (AvgIpc) is 3.04. The normalized spacial score (nSPS) is 23.9. The Morgan fingerprint density at radius 2 is 1.10 bits per heavy atom. The highest BCUT2D eigenvalue weighted by atomic mass is 16.6. The minimum absolute atomic E-state index is 0.311. The first kappa shape index (κ1) is 27.6. The Morgan fingerprint density at radius 1 is 0.585 bits per heavy atom.